The molecule has 1 aromatic carbocycles. The van der Waals surface area contributed by atoms with Crippen LogP contribution in [0.1, 0.15) is 27.6 Å². The Hall–Kier alpha value is -0.780. The van der Waals surface area contributed by atoms with Crippen molar-refractivity contribution >= 4 is 34.7 Å². The average molecular weight is 292 g/mol. The van der Waals surface area contributed by atoms with E-state index in [9.17, 15) is 14.0 Å². The Balaban J connectivity index is 3.47. The number of hydrogen-bond acceptors (Lipinski definition) is 2. The van der Waals surface area contributed by atoms with Crippen molar-refractivity contribution in [2.24, 2.45) is 0 Å². The first kappa shape index (κ1) is 10.3. The lowest BCUT2D eigenvalue weighted by Crippen LogP contribution is -2.03. The van der Waals surface area contributed by atoms with Crippen LogP contribution >= 0.6 is 22.6 Å². The van der Waals surface area contributed by atoms with Crippen molar-refractivity contribution in [1.82, 2.24) is 0 Å². The second-order valence-corrected chi connectivity index (χ2v) is 3.77. The van der Waals surface area contributed by atoms with E-state index in [1.165, 1.54) is 19.1 Å². The van der Waals surface area contributed by atoms with Gasteiger partial charge < -0.3 is 0 Å². The summed E-state index contributed by atoms with van der Waals surface area (Å²) in [6.45, 7) is 1.23. The molecule has 68 valence electrons. The van der Waals surface area contributed by atoms with Gasteiger partial charge in [-0.05, 0) is 41.6 Å². The van der Waals surface area contributed by atoms with Crippen LogP contribution in [0.4, 0.5) is 4.39 Å². The van der Waals surface area contributed by atoms with Crippen molar-refractivity contribution in [2.75, 3.05) is 0 Å². The summed E-state index contributed by atoms with van der Waals surface area (Å²) < 4.78 is 13.8. The SMILES string of the molecule is CC(=O)c1c(F)cc(I)cc1C=O. The summed E-state index contributed by atoms with van der Waals surface area (Å²) in [6, 6.07) is 2.71. The molecule has 0 aromatic heterocycles. The van der Waals surface area contributed by atoms with E-state index in [0.717, 1.165) is 0 Å². The molecule has 0 atom stereocenters. The number of halogens is 2. The first-order chi connectivity index (χ1) is 6.06. The van der Waals surface area contributed by atoms with Gasteiger partial charge in [0.25, 0.3) is 0 Å². The fraction of sp³-hybridized carbons (Fsp3) is 0.111. The maximum Gasteiger partial charge on any atom is 0.163 e. The average Bonchev–Trinajstić information content (AvgIpc) is 2.01. The summed E-state index contributed by atoms with van der Waals surface area (Å²) in [4.78, 5) is 21.5. The van der Waals surface area contributed by atoms with E-state index in [-0.39, 0.29) is 11.1 Å². The molecule has 2 nitrogen and oxygen atoms in total. The highest BCUT2D eigenvalue weighted by Gasteiger charge is 2.13. The van der Waals surface area contributed by atoms with Gasteiger partial charge in [-0.25, -0.2) is 4.39 Å². The van der Waals surface area contributed by atoms with E-state index >= 15 is 0 Å². The van der Waals surface area contributed by atoms with Crippen molar-refractivity contribution < 1.29 is 14.0 Å². The minimum atomic E-state index is -0.638. The molecule has 0 unspecified atom stereocenters. The van der Waals surface area contributed by atoms with Crippen LogP contribution in [0.2, 0.25) is 0 Å². The van der Waals surface area contributed by atoms with Gasteiger partial charge in [-0.2, -0.15) is 0 Å². The number of ketones is 1. The number of rotatable bonds is 2. The van der Waals surface area contributed by atoms with Gasteiger partial charge in [-0.1, -0.05) is 0 Å². The predicted octanol–water partition coefficient (Wildman–Crippen LogP) is 2.45. The van der Waals surface area contributed by atoms with Crippen LogP contribution in [0.5, 0.6) is 0 Å². The van der Waals surface area contributed by atoms with Crippen LogP contribution in [-0.2, 0) is 0 Å². The molecule has 13 heavy (non-hydrogen) atoms. The number of carbonyl (C=O) groups excluding carboxylic acids is 2. The van der Waals surface area contributed by atoms with Crippen LogP contribution in [-0.4, -0.2) is 12.1 Å². The lowest BCUT2D eigenvalue weighted by molar-refractivity contribution is 0.100. The number of benzene rings is 1. The highest BCUT2D eigenvalue weighted by molar-refractivity contribution is 14.1. The second-order valence-electron chi connectivity index (χ2n) is 2.53. The molecule has 0 bridgehead atoms. The van der Waals surface area contributed by atoms with Gasteiger partial charge in [-0.15, -0.1) is 0 Å². The molecular formula is C9H6FIO2. The maximum absolute atomic E-state index is 13.2. The number of hydrogen-bond donors (Lipinski definition) is 0. The number of Topliss-reactive ketones (excluding diaryl/α,β-unsaturated/α-hetero) is 1. The summed E-state index contributed by atoms with van der Waals surface area (Å²) in [5.41, 5.74) is -0.0210. The summed E-state index contributed by atoms with van der Waals surface area (Å²) in [7, 11) is 0. The van der Waals surface area contributed by atoms with Gasteiger partial charge in [0, 0.05) is 9.13 Å². The molecule has 0 saturated carbocycles. The summed E-state index contributed by atoms with van der Waals surface area (Å²) >= 11 is 1.88. The fourth-order valence-corrected chi connectivity index (χ4v) is 1.67. The molecule has 4 heteroatoms. The van der Waals surface area contributed by atoms with Crippen LogP contribution in [0, 0.1) is 9.39 Å². The first-order valence-electron chi connectivity index (χ1n) is 3.51. The molecule has 0 saturated heterocycles. The maximum atomic E-state index is 13.2. The zero-order valence-electron chi connectivity index (χ0n) is 6.80. The normalized spacial score (nSPS) is 9.77. The molecule has 0 N–H and O–H groups in total. The zero-order chi connectivity index (χ0) is 10.0. The Kier molecular flexibility index (Phi) is 3.13. The molecule has 0 spiro atoms. The first-order valence-corrected chi connectivity index (χ1v) is 4.59. The van der Waals surface area contributed by atoms with Gasteiger partial charge in [0.15, 0.2) is 12.1 Å². The van der Waals surface area contributed by atoms with Crippen molar-refractivity contribution in [2.45, 2.75) is 6.92 Å². The molecule has 0 fully saturated rings. The molecule has 0 radical (unpaired) electrons. The molecule has 0 amide bonds. The van der Waals surface area contributed by atoms with E-state index in [0.29, 0.717) is 9.86 Å². The molecule has 0 aliphatic rings. The van der Waals surface area contributed by atoms with E-state index in [2.05, 4.69) is 0 Å². The van der Waals surface area contributed by atoms with Gasteiger partial charge in [-0.3, -0.25) is 9.59 Å². The van der Waals surface area contributed by atoms with E-state index < -0.39 is 11.6 Å². The van der Waals surface area contributed by atoms with Crippen LogP contribution in [0.25, 0.3) is 0 Å². The lowest BCUT2D eigenvalue weighted by atomic mass is 10.1. The summed E-state index contributed by atoms with van der Waals surface area (Å²) in [5, 5.41) is 0. The van der Waals surface area contributed by atoms with Crippen molar-refractivity contribution in [1.29, 1.82) is 0 Å². The molecule has 1 aromatic rings. The fourth-order valence-electron chi connectivity index (χ4n) is 1.06. The monoisotopic (exact) mass is 292 g/mol. The highest BCUT2D eigenvalue weighted by atomic mass is 127. The van der Waals surface area contributed by atoms with E-state index in [1.807, 2.05) is 22.6 Å². The van der Waals surface area contributed by atoms with Crippen LogP contribution < -0.4 is 0 Å². The van der Waals surface area contributed by atoms with Crippen molar-refractivity contribution in [3.05, 3.63) is 32.6 Å². The van der Waals surface area contributed by atoms with E-state index in [4.69, 9.17) is 0 Å². The van der Waals surface area contributed by atoms with Gasteiger partial charge in [0.1, 0.15) is 5.82 Å². The van der Waals surface area contributed by atoms with Crippen LogP contribution in [0.15, 0.2) is 12.1 Å². The molecule has 0 aliphatic heterocycles. The molecule has 1 rings (SSSR count). The Morgan fingerprint density at radius 3 is 2.62 bits per heavy atom. The lowest BCUT2D eigenvalue weighted by Gasteiger charge is -2.02. The second kappa shape index (κ2) is 3.95. The van der Waals surface area contributed by atoms with Gasteiger partial charge >= 0.3 is 0 Å². The minimum absolute atomic E-state index is 0.108. The Labute approximate surface area is 88.3 Å². The molecular weight excluding hydrogens is 286 g/mol. The Bertz CT molecular complexity index is 374. The van der Waals surface area contributed by atoms with E-state index in [1.54, 1.807) is 0 Å². The Morgan fingerprint density at radius 2 is 2.15 bits per heavy atom. The largest absolute Gasteiger partial charge is 0.298 e. The van der Waals surface area contributed by atoms with Crippen molar-refractivity contribution in [3.63, 3.8) is 0 Å². The third-order valence-corrected chi connectivity index (χ3v) is 2.19. The number of aldehydes is 1. The standard InChI is InChI=1S/C9H6FIO2/c1-5(13)9-6(4-12)2-7(11)3-8(9)10/h2-4H,1H3. The summed E-state index contributed by atoms with van der Waals surface area (Å²) in [6.07, 6.45) is 0.488. The third kappa shape index (κ3) is 2.12. The molecule has 0 heterocycles. The van der Waals surface area contributed by atoms with Crippen LogP contribution in [0.3, 0.4) is 0 Å². The van der Waals surface area contributed by atoms with Gasteiger partial charge in [0.05, 0.1) is 5.56 Å². The van der Waals surface area contributed by atoms with Crippen molar-refractivity contribution in [3.8, 4) is 0 Å². The highest BCUT2D eigenvalue weighted by Crippen LogP contribution is 2.17. The summed E-state index contributed by atoms with van der Waals surface area (Å²) in [5.74, 6) is -1.07. The molecule has 0 aliphatic carbocycles. The Morgan fingerprint density at radius 1 is 1.54 bits per heavy atom. The quantitative estimate of drug-likeness (QED) is 0.476. The topological polar surface area (TPSA) is 34.1 Å². The van der Waals surface area contributed by atoms with Gasteiger partial charge in [0.2, 0.25) is 0 Å². The zero-order valence-corrected chi connectivity index (χ0v) is 8.96. The number of carbonyl (C=O) groups is 2. The smallest absolute Gasteiger partial charge is 0.163 e. The third-order valence-electron chi connectivity index (χ3n) is 1.56. The minimum Gasteiger partial charge on any atom is -0.298 e. The predicted molar refractivity (Wildman–Crippen MR) is 54.5 cm³/mol.